The van der Waals surface area contributed by atoms with Crippen LogP contribution in [-0.2, 0) is 6.42 Å². The van der Waals surface area contributed by atoms with E-state index in [-0.39, 0.29) is 5.82 Å². The molecule has 1 aromatic rings. The largest absolute Gasteiger partial charge is 0.314 e. The van der Waals surface area contributed by atoms with E-state index in [0.29, 0.717) is 6.04 Å². The van der Waals surface area contributed by atoms with Gasteiger partial charge in [0.25, 0.3) is 0 Å². The highest BCUT2D eigenvalue weighted by molar-refractivity contribution is 5.28. The highest BCUT2D eigenvalue weighted by atomic mass is 19.1. The molecular formula is C19H26FN. The summed E-state index contributed by atoms with van der Waals surface area (Å²) >= 11 is 0. The van der Waals surface area contributed by atoms with Gasteiger partial charge in [0.1, 0.15) is 5.82 Å². The molecule has 3 fully saturated rings. The monoisotopic (exact) mass is 287 g/mol. The lowest BCUT2D eigenvalue weighted by molar-refractivity contribution is 0.365. The SMILES string of the molecule is CCNC(Cc1cc(F)ccc1C)C1C2C3CCC(C3)C21. The van der Waals surface area contributed by atoms with Crippen molar-refractivity contribution in [2.75, 3.05) is 6.54 Å². The Labute approximate surface area is 127 Å². The van der Waals surface area contributed by atoms with Crippen molar-refractivity contribution in [3.05, 3.63) is 35.1 Å². The van der Waals surface area contributed by atoms with Gasteiger partial charge >= 0.3 is 0 Å². The van der Waals surface area contributed by atoms with E-state index in [1.165, 1.54) is 30.4 Å². The lowest BCUT2D eigenvalue weighted by Gasteiger charge is -2.22. The van der Waals surface area contributed by atoms with Crippen LogP contribution in [0.2, 0.25) is 0 Å². The summed E-state index contributed by atoms with van der Waals surface area (Å²) < 4.78 is 13.5. The van der Waals surface area contributed by atoms with Gasteiger partial charge in [-0.25, -0.2) is 4.39 Å². The molecule has 5 unspecified atom stereocenters. The number of likely N-dealkylation sites (N-methyl/N-ethyl adjacent to an activating group) is 1. The molecule has 3 saturated carbocycles. The van der Waals surface area contributed by atoms with Crippen LogP contribution in [0.1, 0.15) is 37.3 Å². The predicted octanol–water partition coefficient (Wildman–Crippen LogP) is 3.95. The van der Waals surface area contributed by atoms with E-state index in [0.717, 1.165) is 42.6 Å². The second-order valence-electron chi connectivity index (χ2n) is 7.50. The first-order valence-corrected chi connectivity index (χ1v) is 8.67. The van der Waals surface area contributed by atoms with Crippen molar-refractivity contribution in [2.24, 2.45) is 29.6 Å². The number of halogens is 1. The molecule has 114 valence electrons. The zero-order chi connectivity index (χ0) is 14.6. The molecule has 1 nitrogen and oxygen atoms in total. The molecule has 0 amide bonds. The van der Waals surface area contributed by atoms with Gasteiger partial charge in [-0.15, -0.1) is 0 Å². The minimum atomic E-state index is -0.0955. The summed E-state index contributed by atoms with van der Waals surface area (Å²) in [5.41, 5.74) is 2.42. The smallest absolute Gasteiger partial charge is 0.123 e. The molecule has 4 rings (SSSR count). The van der Waals surface area contributed by atoms with Gasteiger partial charge in [-0.1, -0.05) is 13.0 Å². The third kappa shape index (κ3) is 2.23. The van der Waals surface area contributed by atoms with Gasteiger partial charge in [-0.3, -0.25) is 0 Å². The molecule has 1 aromatic carbocycles. The number of hydrogen-bond donors (Lipinski definition) is 1. The Morgan fingerprint density at radius 1 is 1.24 bits per heavy atom. The van der Waals surface area contributed by atoms with Gasteiger partial charge in [0, 0.05) is 6.04 Å². The zero-order valence-corrected chi connectivity index (χ0v) is 13.1. The summed E-state index contributed by atoms with van der Waals surface area (Å²) in [7, 11) is 0. The fraction of sp³-hybridized carbons (Fsp3) is 0.684. The molecule has 0 aromatic heterocycles. The highest BCUT2D eigenvalue weighted by Crippen LogP contribution is 2.70. The fourth-order valence-electron chi connectivity index (χ4n) is 5.63. The van der Waals surface area contributed by atoms with Crippen molar-refractivity contribution in [2.45, 2.75) is 45.6 Å². The molecule has 0 saturated heterocycles. The Morgan fingerprint density at radius 2 is 1.95 bits per heavy atom. The lowest BCUT2D eigenvalue weighted by Crippen LogP contribution is -2.35. The van der Waals surface area contributed by atoms with Crippen LogP contribution in [0.4, 0.5) is 4.39 Å². The third-order valence-electron chi connectivity index (χ3n) is 6.48. The number of aryl methyl sites for hydroxylation is 1. The molecule has 2 bridgehead atoms. The van der Waals surface area contributed by atoms with E-state index in [1.54, 1.807) is 12.1 Å². The first-order chi connectivity index (χ1) is 10.2. The molecule has 0 spiro atoms. The normalized spacial score (nSPS) is 37.6. The van der Waals surface area contributed by atoms with Gasteiger partial charge in [0.15, 0.2) is 0 Å². The summed E-state index contributed by atoms with van der Waals surface area (Å²) in [5, 5.41) is 3.71. The lowest BCUT2D eigenvalue weighted by atomic mass is 9.92. The number of fused-ring (bicyclic) bond motifs is 5. The molecule has 5 atom stereocenters. The van der Waals surface area contributed by atoms with E-state index in [2.05, 4.69) is 19.2 Å². The third-order valence-corrected chi connectivity index (χ3v) is 6.48. The van der Waals surface area contributed by atoms with Gasteiger partial charge in [-0.2, -0.15) is 0 Å². The molecule has 0 aliphatic heterocycles. The van der Waals surface area contributed by atoms with E-state index in [9.17, 15) is 4.39 Å². The Hall–Kier alpha value is -0.890. The van der Waals surface area contributed by atoms with Crippen LogP contribution in [0.3, 0.4) is 0 Å². The van der Waals surface area contributed by atoms with E-state index >= 15 is 0 Å². The first-order valence-electron chi connectivity index (χ1n) is 8.67. The summed E-state index contributed by atoms with van der Waals surface area (Å²) in [6.45, 7) is 5.32. The Kier molecular flexibility index (Phi) is 3.33. The standard InChI is InChI=1S/C19H26FN/c1-3-21-16(10-14-9-15(20)7-4-11(14)2)19-17-12-5-6-13(8-12)18(17)19/h4,7,9,12-13,16-19,21H,3,5-6,8,10H2,1-2H3. The average Bonchev–Trinajstić information content (AvgIpc) is 2.89. The number of benzene rings is 1. The minimum absolute atomic E-state index is 0.0955. The molecule has 3 aliphatic carbocycles. The van der Waals surface area contributed by atoms with Crippen molar-refractivity contribution in [1.29, 1.82) is 0 Å². The number of nitrogens with one attached hydrogen (secondary N) is 1. The Balaban J connectivity index is 1.52. The quantitative estimate of drug-likeness (QED) is 0.864. The van der Waals surface area contributed by atoms with Crippen LogP contribution in [0, 0.1) is 42.3 Å². The van der Waals surface area contributed by atoms with Crippen molar-refractivity contribution in [3.8, 4) is 0 Å². The van der Waals surface area contributed by atoms with Crippen molar-refractivity contribution in [1.82, 2.24) is 5.32 Å². The maximum absolute atomic E-state index is 13.5. The van der Waals surface area contributed by atoms with E-state index in [4.69, 9.17) is 0 Å². The summed E-state index contributed by atoms with van der Waals surface area (Å²) in [6, 6.07) is 5.79. The van der Waals surface area contributed by atoms with E-state index < -0.39 is 0 Å². The number of rotatable bonds is 5. The van der Waals surface area contributed by atoms with Crippen molar-refractivity contribution in [3.63, 3.8) is 0 Å². The first kappa shape index (κ1) is 13.8. The van der Waals surface area contributed by atoms with Crippen LogP contribution in [0.25, 0.3) is 0 Å². The molecular weight excluding hydrogens is 261 g/mol. The van der Waals surface area contributed by atoms with Gasteiger partial charge < -0.3 is 5.32 Å². The van der Waals surface area contributed by atoms with Gasteiger partial charge in [0.05, 0.1) is 0 Å². The molecule has 21 heavy (non-hydrogen) atoms. The maximum Gasteiger partial charge on any atom is 0.123 e. The second kappa shape index (κ2) is 5.08. The fourth-order valence-corrected chi connectivity index (χ4v) is 5.63. The van der Waals surface area contributed by atoms with Crippen LogP contribution in [0.5, 0.6) is 0 Å². The predicted molar refractivity (Wildman–Crippen MR) is 83.6 cm³/mol. The van der Waals surface area contributed by atoms with E-state index in [1.807, 2.05) is 6.07 Å². The molecule has 1 N–H and O–H groups in total. The molecule has 2 heteroatoms. The van der Waals surface area contributed by atoms with Crippen LogP contribution in [-0.4, -0.2) is 12.6 Å². The highest BCUT2D eigenvalue weighted by Gasteiger charge is 2.66. The van der Waals surface area contributed by atoms with Crippen molar-refractivity contribution >= 4 is 0 Å². The molecule has 3 aliphatic rings. The summed E-state index contributed by atoms with van der Waals surface area (Å²) in [5.74, 6) is 4.77. The Bertz CT molecular complexity index is 524. The zero-order valence-electron chi connectivity index (χ0n) is 13.1. The summed E-state index contributed by atoms with van der Waals surface area (Å²) in [4.78, 5) is 0. The minimum Gasteiger partial charge on any atom is -0.314 e. The van der Waals surface area contributed by atoms with Crippen LogP contribution >= 0.6 is 0 Å². The topological polar surface area (TPSA) is 12.0 Å². The van der Waals surface area contributed by atoms with Gasteiger partial charge in [0.2, 0.25) is 0 Å². The second-order valence-corrected chi connectivity index (χ2v) is 7.50. The van der Waals surface area contributed by atoms with Crippen LogP contribution < -0.4 is 5.32 Å². The van der Waals surface area contributed by atoms with Crippen molar-refractivity contribution < 1.29 is 4.39 Å². The van der Waals surface area contributed by atoms with Gasteiger partial charge in [-0.05, 0) is 92.0 Å². The molecule has 0 heterocycles. The number of hydrogen-bond acceptors (Lipinski definition) is 1. The maximum atomic E-state index is 13.5. The Morgan fingerprint density at radius 3 is 2.62 bits per heavy atom. The molecule has 0 radical (unpaired) electrons. The van der Waals surface area contributed by atoms with Crippen LogP contribution in [0.15, 0.2) is 18.2 Å². The average molecular weight is 287 g/mol. The summed E-state index contributed by atoms with van der Waals surface area (Å²) in [6.07, 6.45) is 5.44.